The summed E-state index contributed by atoms with van der Waals surface area (Å²) in [5.41, 5.74) is 6.49. The molecular weight excluding hydrogens is 224 g/mol. The Labute approximate surface area is 96.4 Å². The highest BCUT2D eigenvalue weighted by atomic mass is 16.6. The van der Waals surface area contributed by atoms with Crippen LogP contribution in [0.3, 0.4) is 0 Å². The van der Waals surface area contributed by atoms with Crippen molar-refractivity contribution < 1.29 is 9.45 Å². The lowest BCUT2D eigenvalue weighted by Gasteiger charge is -1.98. The number of benzene rings is 1. The molecule has 2 aromatic rings. The first-order valence-electron chi connectivity index (χ1n) is 4.90. The molecule has 1 aromatic carbocycles. The van der Waals surface area contributed by atoms with Gasteiger partial charge in [-0.05, 0) is 6.92 Å². The number of hydrogen-bond acceptors (Lipinski definition) is 6. The summed E-state index contributed by atoms with van der Waals surface area (Å²) in [4.78, 5) is 14.3. The van der Waals surface area contributed by atoms with Crippen molar-refractivity contribution >= 4 is 5.69 Å². The molecule has 0 aliphatic heterocycles. The summed E-state index contributed by atoms with van der Waals surface area (Å²) in [6, 6.07) is 4.76. The van der Waals surface area contributed by atoms with Crippen molar-refractivity contribution in [3.8, 4) is 11.4 Å². The number of aryl methyl sites for hydroxylation is 1. The van der Waals surface area contributed by atoms with Gasteiger partial charge in [0, 0.05) is 17.2 Å². The van der Waals surface area contributed by atoms with Crippen LogP contribution in [0.5, 0.6) is 0 Å². The lowest BCUT2D eigenvalue weighted by Crippen LogP contribution is -1.96. The topological polar surface area (TPSA) is 108 Å². The van der Waals surface area contributed by atoms with Crippen LogP contribution in [0.15, 0.2) is 22.7 Å². The summed E-state index contributed by atoms with van der Waals surface area (Å²) >= 11 is 0. The summed E-state index contributed by atoms with van der Waals surface area (Å²) < 4.78 is 4.84. The minimum absolute atomic E-state index is 0.0293. The van der Waals surface area contributed by atoms with Gasteiger partial charge in [0.2, 0.25) is 11.7 Å². The first kappa shape index (κ1) is 11.2. The van der Waals surface area contributed by atoms with Gasteiger partial charge in [0.05, 0.1) is 11.5 Å². The number of nitro benzene ring substituents is 1. The number of nitrogens with two attached hydrogens (primary N) is 1. The van der Waals surface area contributed by atoms with Gasteiger partial charge in [-0.3, -0.25) is 10.1 Å². The van der Waals surface area contributed by atoms with Gasteiger partial charge in [-0.15, -0.1) is 0 Å². The molecule has 0 saturated heterocycles. The molecule has 0 aliphatic carbocycles. The minimum Gasteiger partial charge on any atom is -0.338 e. The van der Waals surface area contributed by atoms with Crippen LogP contribution in [-0.2, 0) is 6.54 Å². The van der Waals surface area contributed by atoms with E-state index in [9.17, 15) is 10.1 Å². The monoisotopic (exact) mass is 234 g/mol. The Kier molecular flexibility index (Phi) is 2.84. The second-order valence-electron chi connectivity index (χ2n) is 3.47. The number of nitro groups is 1. The summed E-state index contributed by atoms with van der Waals surface area (Å²) in [6.07, 6.45) is 0. The van der Waals surface area contributed by atoms with Crippen molar-refractivity contribution in [1.29, 1.82) is 0 Å². The molecule has 17 heavy (non-hydrogen) atoms. The Morgan fingerprint density at radius 1 is 1.53 bits per heavy atom. The van der Waals surface area contributed by atoms with Gasteiger partial charge in [0.25, 0.3) is 5.69 Å². The Morgan fingerprint density at radius 3 is 2.88 bits per heavy atom. The van der Waals surface area contributed by atoms with Crippen LogP contribution in [0, 0.1) is 17.0 Å². The largest absolute Gasteiger partial charge is 0.338 e. The van der Waals surface area contributed by atoms with Gasteiger partial charge in [-0.1, -0.05) is 17.3 Å². The maximum atomic E-state index is 10.8. The van der Waals surface area contributed by atoms with Crippen LogP contribution in [0.1, 0.15) is 11.5 Å². The van der Waals surface area contributed by atoms with Gasteiger partial charge in [-0.25, -0.2) is 0 Å². The first-order valence-corrected chi connectivity index (χ1v) is 4.90. The lowest BCUT2D eigenvalue weighted by molar-refractivity contribution is -0.385. The molecular formula is C10H10N4O3. The van der Waals surface area contributed by atoms with Gasteiger partial charge >= 0.3 is 0 Å². The fourth-order valence-electron chi connectivity index (χ4n) is 1.40. The molecule has 7 nitrogen and oxygen atoms in total. The third-order valence-electron chi connectivity index (χ3n) is 2.31. The molecule has 0 saturated carbocycles. The van der Waals surface area contributed by atoms with Crippen molar-refractivity contribution in [3.05, 3.63) is 39.8 Å². The van der Waals surface area contributed by atoms with E-state index in [-0.39, 0.29) is 12.2 Å². The SMILES string of the molecule is Cc1ccc(-c2noc(CN)n2)cc1[N+](=O)[O-]. The van der Waals surface area contributed by atoms with Crippen molar-refractivity contribution in [3.63, 3.8) is 0 Å². The zero-order chi connectivity index (χ0) is 12.4. The molecule has 1 aromatic heterocycles. The quantitative estimate of drug-likeness (QED) is 0.635. The van der Waals surface area contributed by atoms with Crippen LogP contribution in [0.4, 0.5) is 5.69 Å². The summed E-state index contributed by atoms with van der Waals surface area (Å²) in [5, 5.41) is 14.5. The average molecular weight is 234 g/mol. The summed E-state index contributed by atoms with van der Waals surface area (Å²) in [7, 11) is 0. The molecule has 0 fully saturated rings. The standard InChI is InChI=1S/C10H10N4O3/c1-6-2-3-7(4-8(6)14(15)16)10-12-9(5-11)17-13-10/h2-4H,5,11H2,1H3. The van der Waals surface area contributed by atoms with E-state index >= 15 is 0 Å². The number of nitrogens with zero attached hydrogens (tertiary/aromatic N) is 3. The highest BCUT2D eigenvalue weighted by molar-refractivity contribution is 5.60. The predicted molar refractivity (Wildman–Crippen MR) is 59.0 cm³/mol. The molecule has 0 spiro atoms. The normalized spacial score (nSPS) is 10.5. The van der Waals surface area contributed by atoms with Crippen LogP contribution < -0.4 is 5.73 Å². The third-order valence-corrected chi connectivity index (χ3v) is 2.31. The molecule has 1 heterocycles. The number of rotatable bonds is 3. The van der Waals surface area contributed by atoms with E-state index in [1.54, 1.807) is 19.1 Å². The number of aromatic nitrogens is 2. The molecule has 0 aliphatic rings. The average Bonchev–Trinajstić information content (AvgIpc) is 2.78. The molecule has 2 rings (SSSR count). The Morgan fingerprint density at radius 2 is 2.29 bits per heavy atom. The van der Waals surface area contributed by atoms with Crippen molar-refractivity contribution in [2.24, 2.45) is 5.73 Å². The fourth-order valence-corrected chi connectivity index (χ4v) is 1.40. The van der Waals surface area contributed by atoms with Crippen molar-refractivity contribution in [1.82, 2.24) is 10.1 Å². The van der Waals surface area contributed by atoms with Crippen LogP contribution >= 0.6 is 0 Å². The fraction of sp³-hybridized carbons (Fsp3) is 0.200. The highest BCUT2D eigenvalue weighted by Crippen LogP contribution is 2.24. The summed E-state index contributed by atoms with van der Waals surface area (Å²) in [6.45, 7) is 1.81. The van der Waals surface area contributed by atoms with E-state index in [0.717, 1.165) is 0 Å². The lowest BCUT2D eigenvalue weighted by atomic mass is 10.1. The van der Waals surface area contributed by atoms with E-state index in [0.29, 0.717) is 22.8 Å². The molecule has 88 valence electrons. The van der Waals surface area contributed by atoms with Crippen LogP contribution in [0.25, 0.3) is 11.4 Å². The Hall–Kier alpha value is -2.28. The van der Waals surface area contributed by atoms with Crippen LogP contribution in [0.2, 0.25) is 0 Å². The maximum Gasteiger partial charge on any atom is 0.273 e. The van der Waals surface area contributed by atoms with Gasteiger partial charge in [-0.2, -0.15) is 4.98 Å². The molecule has 0 bridgehead atoms. The second kappa shape index (κ2) is 4.30. The Balaban J connectivity index is 2.46. The van der Waals surface area contributed by atoms with E-state index in [4.69, 9.17) is 10.3 Å². The third kappa shape index (κ3) is 2.13. The molecule has 0 amide bonds. The number of hydrogen-bond donors (Lipinski definition) is 1. The maximum absolute atomic E-state index is 10.8. The summed E-state index contributed by atoms with van der Waals surface area (Å²) in [5.74, 6) is 0.594. The second-order valence-corrected chi connectivity index (χ2v) is 3.47. The van der Waals surface area contributed by atoms with Crippen molar-refractivity contribution in [2.75, 3.05) is 0 Å². The van der Waals surface area contributed by atoms with Crippen LogP contribution in [-0.4, -0.2) is 15.1 Å². The first-order chi connectivity index (χ1) is 8.11. The van der Waals surface area contributed by atoms with E-state index < -0.39 is 4.92 Å². The molecule has 0 radical (unpaired) electrons. The van der Waals surface area contributed by atoms with Gasteiger partial charge < -0.3 is 10.3 Å². The predicted octanol–water partition coefficient (Wildman–Crippen LogP) is 1.41. The highest BCUT2D eigenvalue weighted by Gasteiger charge is 2.14. The Bertz CT molecular complexity index is 564. The van der Waals surface area contributed by atoms with Crippen molar-refractivity contribution in [2.45, 2.75) is 13.5 Å². The molecule has 2 N–H and O–H groups in total. The molecule has 0 atom stereocenters. The zero-order valence-corrected chi connectivity index (χ0v) is 9.08. The minimum atomic E-state index is -0.442. The van der Waals surface area contributed by atoms with E-state index in [2.05, 4.69) is 10.1 Å². The molecule has 7 heteroatoms. The van der Waals surface area contributed by atoms with E-state index in [1.165, 1.54) is 6.07 Å². The zero-order valence-electron chi connectivity index (χ0n) is 9.08. The molecule has 0 unspecified atom stereocenters. The van der Waals surface area contributed by atoms with E-state index in [1.807, 2.05) is 0 Å². The van der Waals surface area contributed by atoms with Gasteiger partial charge in [0.1, 0.15) is 0 Å². The smallest absolute Gasteiger partial charge is 0.273 e. The van der Waals surface area contributed by atoms with Gasteiger partial charge in [0.15, 0.2) is 0 Å².